The number of hydrogen-bond donors (Lipinski definition) is 14. The lowest BCUT2D eigenvalue weighted by molar-refractivity contribution is -0.385. The number of fused-ring (bicyclic) bond motifs is 7. The molecule has 5 aliphatic carbocycles. The zero-order chi connectivity index (χ0) is 61.3. The molecular formula is C59H96O25. The maximum absolute atomic E-state index is 14.8. The zero-order valence-corrected chi connectivity index (χ0v) is 49.7. The molecule has 25 heteroatoms. The highest BCUT2D eigenvalue weighted by atomic mass is 16.8. The molecule has 10 rings (SSSR count). The van der Waals surface area contributed by atoms with Crippen LogP contribution in [0.4, 0.5) is 0 Å². The van der Waals surface area contributed by atoms with Gasteiger partial charge in [0.2, 0.25) is 6.29 Å². The maximum atomic E-state index is 14.8. The molecule has 0 radical (unpaired) electrons. The molecule has 9 fully saturated rings. The number of carbonyl (C=O) groups excluding carboxylic acids is 1. The second-order valence-electron chi connectivity index (χ2n) is 28.6. The van der Waals surface area contributed by atoms with Crippen molar-refractivity contribution in [2.45, 2.75) is 280 Å². The van der Waals surface area contributed by atoms with Crippen LogP contribution < -0.4 is 0 Å². The van der Waals surface area contributed by atoms with Crippen molar-refractivity contribution in [1.29, 1.82) is 0 Å². The predicted octanol–water partition coefficient (Wildman–Crippen LogP) is -1.52. The molecule has 0 aromatic rings. The quantitative estimate of drug-likeness (QED) is 0.0600. The first-order valence-electron chi connectivity index (χ1n) is 30.5. The molecule has 0 aromatic carbocycles. The van der Waals surface area contributed by atoms with E-state index in [2.05, 4.69) is 54.5 Å². The van der Waals surface area contributed by atoms with E-state index in [9.17, 15) is 76.3 Å². The summed E-state index contributed by atoms with van der Waals surface area (Å²) in [6.45, 7) is 17.2. The lowest BCUT2D eigenvalue weighted by Crippen LogP contribution is -2.67. The summed E-state index contributed by atoms with van der Waals surface area (Å²) in [5, 5.41) is 152. The van der Waals surface area contributed by atoms with Gasteiger partial charge in [-0.2, -0.15) is 0 Å². The summed E-state index contributed by atoms with van der Waals surface area (Å²) in [4.78, 5) is 14.8. The summed E-state index contributed by atoms with van der Waals surface area (Å²) in [6, 6.07) is 0. The molecule has 25 nitrogen and oxygen atoms in total. The summed E-state index contributed by atoms with van der Waals surface area (Å²) < 4.78 is 59.3. The third-order valence-electron chi connectivity index (χ3n) is 23.1. The first kappa shape index (κ1) is 65.2. The Hall–Kier alpha value is -1.71. The van der Waals surface area contributed by atoms with Crippen LogP contribution in [0.1, 0.15) is 127 Å². The SMILES string of the molecule is C[C@@H]1O[C@@H](O[C@@H]2[C@@H](O)[C@H](O[C@@H]3[C@@H](O)[C@H](C)O[C@@H](O[C@@H]4CO[C@@H](O[C@H]5CC[C@@]6(C)C(CC[C@]7(C)[C@@H]6CC=C6[C@H]8CC(C)(C)CC[C@]8(C(=O)O[C@@H]8O[C@H](CO)[C@@H](O)[C@H](O)[C@H]8O)CC[C@]67C)C5(C)C)[C@H](O)[C@H]4O)[C@@H]3O)O[C@H](CO)[C@H]2O)[C@H](O)[C@H](O)[C@H]1O. The Bertz CT molecular complexity index is 2340. The Morgan fingerprint density at radius 2 is 1.08 bits per heavy atom. The van der Waals surface area contributed by atoms with Gasteiger partial charge in [0, 0.05) is 0 Å². The topological polar surface area (TPSA) is 393 Å². The molecule has 5 aliphatic heterocycles. The third kappa shape index (κ3) is 10.8. The monoisotopic (exact) mass is 1200 g/mol. The second kappa shape index (κ2) is 23.8. The fourth-order valence-electron chi connectivity index (χ4n) is 17.6. The van der Waals surface area contributed by atoms with Crippen molar-refractivity contribution < 1.29 is 124 Å². The molecule has 32 atom stereocenters. The van der Waals surface area contributed by atoms with Crippen LogP contribution in [0.5, 0.6) is 0 Å². The van der Waals surface area contributed by atoms with Crippen molar-refractivity contribution in [2.24, 2.45) is 50.2 Å². The van der Waals surface area contributed by atoms with Crippen LogP contribution in [-0.2, 0) is 52.2 Å². The number of carbonyl (C=O) groups is 1. The Balaban J connectivity index is 0.787. The summed E-state index contributed by atoms with van der Waals surface area (Å²) in [6.07, 6.45) is -28.3. The molecule has 14 N–H and O–H groups in total. The number of esters is 1. The zero-order valence-electron chi connectivity index (χ0n) is 49.7. The second-order valence-corrected chi connectivity index (χ2v) is 28.6. The van der Waals surface area contributed by atoms with Gasteiger partial charge in [0.25, 0.3) is 0 Å². The first-order chi connectivity index (χ1) is 39.3. The fraction of sp³-hybridized carbons (Fsp3) is 0.949. The third-order valence-corrected chi connectivity index (χ3v) is 23.1. The van der Waals surface area contributed by atoms with Crippen LogP contribution in [0.25, 0.3) is 0 Å². The van der Waals surface area contributed by atoms with Gasteiger partial charge in [0.15, 0.2) is 25.2 Å². The van der Waals surface area contributed by atoms with E-state index in [0.717, 1.165) is 44.9 Å². The van der Waals surface area contributed by atoms with E-state index in [0.29, 0.717) is 19.3 Å². The minimum Gasteiger partial charge on any atom is -0.432 e. The molecule has 0 spiro atoms. The van der Waals surface area contributed by atoms with Gasteiger partial charge in [-0.3, -0.25) is 4.79 Å². The fourth-order valence-corrected chi connectivity index (χ4v) is 17.6. The summed E-state index contributed by atoms with van der Waals surface area (Å²) in [5.41, 5.74) is -0.741. The van der Waals surface area contributed by atoms with Crippen molar-refractivity contribution in [1.82, 2.24) is 0 Å². The van der Waals surface area contributed by atoms with Gasteiger partial charge in [-0.25, -0.2) is 0 Å². The van der Waals surface area contributed by atoms with E-state index in [1.54, 1.807) is 0 Å². The lowest BCUT2D eigenvalue weighted by atomic mass is 9.33. The molecular weight excluding hydrogens is 1110 g/mol. The Labute approximate surface area is 490 Å². The molecule has 84 heavy (non-hydrogen) atoms. The van der Waals surface area contributed by atoms with E-state index in [1.807, 2.05) is 0 Å². The standard InChI is InChI=1S/C59H96O25/c1-24-34(62)39(67)42(70)49(76-24)83-47-38(66)29(22-61)79-52(45(47)73)82-46-35(63)25(2)77-51(44(46)72)80-30-23-75-48(41(69)37(30)65)81-33-13-14-56(7)31(55(33,5)6)12-15-58(9)32(56)11-10-26-27-20-54(3,4)16-18-59(27,19-17-57(26,58)8)53(74)84-50-43(71)40(68)36(64)28(21-60)78-50/h10,24-25,27-52,60-73H,11-23H2,1-9H3/t24-,25-,27+,28+,29+,30+,31?,32+,33-,34-,35-,36+,37-,38+,39+,40-,41+,42+,43+,44+,45+,46+,47-,48-,49-,50-,51-,52-,56-,57+,58+,59-/m0/s1. The minimum atomic E-state index is -1.93. The Kier molecular flexibility index (Phi) is 18.5. The van der Waals surface area contributed by atoms with Crippen LogP contribution in [0.3, 0.4) is 0 Å². The first-order valence-corrected chi connectivity index (χ1v) is 30.5. The van der Waals surface area contributed by atoms with Gasteiger partial charge in [-0.15, -0.1) is 0 Å². The number of rotatable bonds is 12. The average Bonchev–Trinajstić information content (AvgIpc) is 0.686. The predicted molar refractivity (Wildman–Crippen MR) is 287 cm³/mol. The number of allylic oxidation sites excluding steroid dienone is 2. The van der Waals surface area contributed by atoms with Gasteiger partial charge in [0.05, 0.1) is 43.5 Å². The highest BCUT2D eigenvalue weighted by molar-refractivity contribution is 5.79. The lowest BCUT2D eigenvalue weighted by Gasteiger charge is -2.71. The van der Waals surface area contributed by atoms with Gasteiger partial charge < -0.3 is 119 Å². The Morgan fingerprint density at radius 1 is 0.536 bits per heavy atom. The minimum absolute atomic E-state index is 0.0758. The van der Waals surface area contributed by atoms with Gasteiger partial charge in [-0.1, -0.05) is 60.1 Å². The molecule has 10 aliphatic rings. The smallest absolute Gasteiger partial charge is 0.315 e. The van der Waals surface area contributed by atoms with Crippen molar-refractivity contribution in [3.63, 3.8) is 0 Å². The van der Waals surface area contributed by atoms with Crippen LogP contribution in [0.2, 0.25) is 0 Å². The number of ether oxygens (including phenoxy) is 10. The van der Waals surface area contributed by atoms with Crippen molar-refractivity contribution in [2.75, 3.05) is 19.8 Å². The summed E-state index contributed by atoms with van der Waals surface area (Å²) in [7, 11) is 0. The summed E-state index contributed by atoms with van der Waals surface area (Å²) >= 11 is 0. The van der Waals surface area contributed by atoms with E-state index in [1.165, 1.54) is 19.4 Å². The van der Waals surface area contributed by atoms with E-state index < -0.39 is 184 Å². The van der Waals surface area contributed by atoms with Crippen LogP contribution in [0, 0.1) is 50.2 Å². The van der Waals surface area contributed by atoms with Gasteiger partial charge in [-0.05, 0) is 123 Å². The van der Waals surface area contributed by atoms with E-state index in [-0.39, 0.29) is 46.0 Å². The number of aliphatic hydroxyl groups is 14. The van der Waals surface area contributed by atoms with Crippen LogP contribution >= 0.6 is 0 Å². The number of aliphatic hydroxyl groups excluding tert-OH is 14. The summed E-state index contributed by atoms with van der Waals surface area (Å²) in [5.74, 6) is -0.221. The molecule has 0 aromatic heterocycles. The molecule has 4 saturated carbocycles. The average molecular weight is 1210 g/mol. The van der Waals surface area contributed by atoms with E-state index in [4.69, 9.17) is 47.4 Å². The van der Waals surface area contributed by atoms with Crippen LogP contribution in [0.15, 0.2) is 11.6 Å². The Morgan fingerprint density at radius 3 is 1.74 bits per heavy atom. The van der Waals surface area contributed by atoms with Crippen LogP contribution in [-0.4, -0.2) is 251 Å². The molecule has 0 bridgehead atoms. The van der Waals surface area contributed by atoms with E-state index >= 15 is 0 Å². The number of hydrogen-bond acceptors (Lipinski definition) is 25. The highest BCUT2D eigenvalue weighted by Crippen LogP contribution is 2.76. The normalized spacial score (nSPS) is 54.6. The van der Waals surface area contributed by atoms with Gasteiger partial charge in [0.1, 0.15) is 104 Å². The highest BCUT2D eigenvalue weighted by Gasteiger charge is 2.70. The molecule has 5 heterocycles. The van der Waals surface area contributed by atoms with Crippen molar-refractivity contribution in [3.8, 4) is 0 Å². The molecule has 5 saturated heterocycles. The molecule has 482 valence electrons. The van der Waals surface area contributed by atoms with Crippen molar-refractivity contribution in [3.05, 3.63) is 11.6 Å². The van der Waals surface area contributed by atoms with Crippen molar-refractivity contribution >= 4 is 5.97 Å². The molecule has 0 amide bonds. The molecule has 1 unspecified atom stereocenters. The van der Waals surface area contributed by atoms with Gasteiger partial charge >= 0.3 is 5.97 Å². The maximum Gasteiger partial charge on any atom is 0.315 e. The largest absolute Gasteiger partial charge is 0.432 e.